The molecule has 0 fully saturated rings. The van der Waals surface area contributed by atoms with Gasteiger partial charge in [0.2, 0.25) is 0 Å². The number of imide groups is 1. The molecule has 2 aromatic carbocycles. The average Bonchev–Trinajstić information content (AvgIpc) is 2.78. The van der Waals surface area contributed by atoms with Gasteiger partial charge >= 0.3 is 12.0 Å². The number of hydrogen-bond acceptors (Lipinski definition) is 5. The highest BCUT2D eigenvalue weighted by molar-refractivity contribution is 5.98. The van der Waals surface area contributed by atoms with Crippen LogP contribution >= 0.6 is 0 Å². The van der Waals surface area contributed by atoms with E-state index >= 15 is 0 Å². The number of rotatable bonds is 9. The van der Waals surface area contributed by atoms with E-state index in [0.717, 1.165) is 5.56 Å². The first-order chi connectivity index (χ1) is 14.9. The van der Waals surface area contributed by atoms with Crippen LogP contribution in [0.1, 0.15) is 36.2 Å². The summed E-state index contributed by atoms with van der Waals surface area (Å²) in [6.07, 6.45) is 0.896. The zero-order valence-electron chi connectivity index (χ0n) is 17.6. The molecule has 0 radical (unpaired) electrons. The topological polar surface area (TPSA) is 114 Å². The van der Waals surface area contributed by atoms with Crippen molar-refractivity contribution >= 4 is 23.8 Å². The molecule has 0 bridgehead atoms. The van der Waals surface area contributed by atoms with Gasteiger partial charge in [-0.3, -0.25) is 14.9 Å². The highest BCUT2D eigenvalue weighted by Crippen LogP contribution is 2.07. The van der Waals surface area contributed by atoms with Crippen molar-refractivity contribution in [3.8, 4) is 0 Å². The van der Waals surface area contributed by atoms with Gasteiger partial charge in [0, 0.05) is 18.0 Å². The standard InChI is InChI=1S/C23H27N3O5/c1-3-16(2)24-23(30)26-20(27)15-31-22(29)19(14-17-10-6-4-7-11-17)25-21(28)18-12-8-5-9-13-18/h4-13,16,19H,3,14-15H2,1-2H3,(H,25,28)(H2,24,26,27,30)/t16-,19-/m1/s1. The molecule has 0 unspecified atom stereocenters. The summed E-state index contributed by atoms with van der Waals surface area (Å²) in [5, 5.41) is 7.34. The molecule has 0 aliphatic heterocycles. The molecule has 3 N–H and O–H groups in total. The lowest BCUT2D eigenvalue weighted by Crippen LogP contribution is -2.46. The van der Waals surface area contributed by atoms with Gasteiger partial charge in [-0.1, -0.05) is 55.5 Å². The summed E-state index contributed by atoms with van der Waals surface area (Å²) in [7, 11) is 0. The van der Waals surface area contributed by atoms with Crippen LogP contribution in [0.2, 0.25) is 0 Å². The van der Waals surface area contributed by atoms with E-state index in [9.17, 15) is 19.2 Å². The van der Waals surface area contributed by atoms with Gasteiger partial charge in [-0.25, -0.2) is 9.59 Å². The predicted molar refractivity (Wildman–Crippen MR) is 115 cm³/mol. The van der Waals surface area contributed by atoms with Gasteiger partial charge in [0.15, 0.2) is 6.61 Å². The molecule has 8 nitrogen and oxygen atoms in total. The number of carbonyl (C=O) groups is 4. The molecular formula is C23H27N3O5. The van der Waals surface area contributed by atoms with E-state index in [0.29, 0.717) is 12.0 Å². The summed E-state index contributed by atoms with van der Waals surface area (Å²) in [6.45, 7) is 3.05. The number of ether oxygens (including phenoxy) is 1. The Hall–Kier alpha value is -3.68. The second-order valence-electron chi connectivity index (χ2n) is 7.02. The summed E-state index contributed by atoms with van der Waals surface area (Å²) >= 11 is 0. The molecule has 0 aliphatic rings. The fourth-order valence-electron chi connectivity index (χ4n) is 2.64. The number of esters is 1. The third kappa shape index (κ3) is 8.30. The number of carbonyl (C=O) groups excluding carboxylic acids is 4. The smallest absolute Gasteiger partial charge is 0.329 e. The summed E-state index contributed by atoms with van der Waals surface area (Å²) in [6, 6.07) is 15.8. The number of benzene rings is 2. The summed E-state index contributed by atoms with van der Waals surface area (Å²) in [5.41, 5.74) is 1.21. The molecule has 0 saturated heterocycles. The second-order valence-corrected chi connectivity index (χ2v) is 7.02. The summed E-state index contributed by atoms with van der Waals surface area (Å²) in [4.78, 5) is 48.7. The molecule has 0 saturated carbocycles. The molecule has 0 heterocycles. The molecule has 0 aliphatic carbocycles. The van der Waals surface area contributed by atoms with Crippen LogP contribution in [0, 0.1) is 0 Å². The van der Waals surface area contributed by atoms with Crippen LogP contribution in [0.5, 0.6) is 0 Å². The van der Waals surface area contributed by atoms with E-state index in [2.05, 4.69) is 16.0 Å². The Balaban J connectivity index is 1.98. The Kier molecular flexibility index (Phi) is 9.22. The molecule has 164 valence electrons. The van der Waals surface area contributed by atoms with Crippen molar-refractivity contribution in [1.82, 2.24) is 16.0 Å². The van der Waals surface area contributed by atoms with Crippen LogP contribution in [-0.2, 0) is 20.7 Å². The molecular weight excluding hydrogens is 398 g/mol. The first-order valence-electron chi connectivity index (χ1n) is 10.1. The maximum Gasteiger partial charge on any atom is 0.329 e. The fourth-order valence-corrected chi connectivity index (χ4v) is 2.64. The Labute approximate surface area is 181 Å². The molecule has 8 heteroatoms. The highest BCUT2D eigenvalue weighted by atomic mass is 16.5. The van der Waals surface area contributed by atoms with Crippen molar-refractivity contribution in [3.63, 3.8) is 0 Å². The lowest BCUT2D eigenvalue weighted by molar-refractivity contribution is -0.150. The SMILES string of the molecule is CC[C@@H](C)NC(=O)NC(=O)COC(=O)[C@@H](Cc1ccccc1)NC(=O)c1ccccc1. The number of urea groups is 1. The number of nitrogens with one attached hydrogen (secondary N) is 3. The lowest BCUT2D eigenvalue weighted by atomic mass is 10.1. The van der Waals surface area contributed by atoms with Gasteiger partial charge < -0.3 is 15.4 Å². The Morgan fingerprint density at radius 1 is 0.903 bits per heavy atom. The van der Waals surface area contributed by atoms with Crippen molar-refractivity contribution in [2.75, 3.05) is 6.61 Å². The number of amides is 4. The van der Waals surface area contributed by atoms with Gasteiger partial charge in [0.05, 0.1) is 0 Å². The van der Waals surface area contributed by atoms with Crippen molar-refractivity contribution in [3.05, 3.63) is 71.8 Å². The zero-order chi connectivity index (χ0) is 22.6. The second kappa shape index (κ2) is 12.1. The van der Waals surface area contributed by atoms with Crippen molar-refractivity contribution in [2.24, 2.45) is 0 Å². The molecule has 2 atom stereocenters. The van der Waals surface area contributed by atoms with Gasteiger partial charge in [-0.05, 0) is 31.0 Å². The van der Waals surface area contributed by atoms with Crippen LogP contribution in [0.15, 0.2) is 60.7 Å². The first-order valence-corrected chi connectivity index (χ1v) is 10.1. The van der Waals surface area contributed by atoms with Crippen LogP contribution in [0.3, 0.4) is 0 Å². The van der Waals surface area contributed by atoms with Gasteiger partial charge in [0.25, 0.3) is 11.8 Å². The van der Waals surface area contributed by atoms with E-state index in [-0.39, 0.29) is 12.5 Å². The van der Waals surface area contributed by atoms with Gasteiger partial charge in [-0.15, -0.1) is 0 Å². The van der Waals surface area contributed by atoms with Gasteiger partial charge in [-0.2, -0.15) is 0 Å². The molecule has 0 aromatic heterocycles. The third-order valence-corrected chi connectivity index (χ3v) is 4.50. The molecule has 4 amide bonds. The molecule has 31 heavy (non-hydrogen) atoms. The summed E-state index contributed by atoms with van der Waals surface area (Å²) < 4.78 is 5.06. The predicted octanol–water partition coefficient (Wildman–Crippen LogP) is 2.20. The van der Waals surface area contributed by atoms with Crippen molar-refractivity contribution < 1.29 is 23.9 Å². The maximum absolute atomic E-state index is 12.6. The molecule has 2 aromatic rings. The van der Waals surface area contributed by atoms with Crippen LogP contribution < -0.4 is 16.0 Å². The molecule has 2 rings (SSSR count). The van der Waals surface area contributed by atoms with E-state index in [1.54, 1.807) is 37.3 Å². The first kappa shape index (κ1) is 23.6. The monoisotopic (exact) mass is 425 g/mol. The Bertz CT molecular complexity index is 887. The fraction of sp³-hybridized carbons (Fsp3) is 0.304. The Morgan fingerprint density at radius 3 is 2.13 bits per heavy atom. The quantitative estimate of drug-likeness (QED) is 0.533. The minimum Gasteiger partial charge on any atom is -0.454 e. The van der Waals surface area contributed by atoms with E-state index < -0.39 is 36.5 Å². The highest BCUT2D eigenvalue weighted by Gasteiger charge is 2.24. The lowest BCUT2D eigenvalue weighted by Gasteiger charge is -2.18. The van der Waals surface area contributed by atoms with Crippen LogP contribution in [0.4, 0.5) is 4.79 Å². The normalized spacial score (nSPS) is 12.2. The molecule has 0 spiro atoms. The minimum atomic E-state index is -1.00. The minimum absolute atomic E-state index is 0.0983. The maximum atomic E-state index is 12.6. The van der Waals surface area contributed by atoms with E-state index in [1.807, 2.05) is 37.3 Å². The van der Waals surface area contributed by atoms with E-state index in [4.69, 9.17) is 4.74 Å². The van der Waals surface area contributed by atoms with E-state index in [1.165, 1.54) is 0 Å². The zero-order valence-corrected chi connectivity index (χ0v) is 17.6. The largest absolute Gasteiger partial charge is 0.454 e. The van der Waals surface area contributed by atoms with Crippen molar-refractivity contribution in [1.29, 1.82) is 0 Å². The van der Waals surface area contributed by atoms with Crippen molar-refractivity contribution in [2.45, 2.75) is 38.8 Å². The third-order valence-electron chi connectivity index (χ3n) is 4.50. The summed E-state index contributed by atoms with van der Waals surface area (Å²) in [5.74, 6) is -1.97. The number of hydrogen-bond donors (Lipinski definition) is 3. The van der Waals surface area contributed by atoms with Crippen LogP contribution in [-0.4, -0.2) is 42.5 Å². The average molecular weight is 425 g/mol. The van der Waals surface area contributed by atoms with Gasteiger partial charge in [0.1, 0.15) is 6.04 Å². The Morgan fingerprint density at radius 2 is 1.52 bits per heavy atom. The van der Waals surface area contributed by atoms with Crippen LogP contribution in [0.25, 0.3) is 0 Å².